The number of carbonyl (C=O) groups is 1. The van der Waals surface area contributed by atoms with E-state index in [1.54, 1.807) is 19.0 Å². The van der Waals surface area contributed by atoms with Crippen LogP contribution in [-0.4, -0.2) is 49.2 Å². The predicted octanol–water partition coefficient (Wildman–Crippen LogP) is 1.03. The van der Waals surface area contributed by atoms with Crippen molar-refractivity contribution in [1.82, 2.24) is 10.2 Å². The lowest BCUT2D eigenvalue weighted by Crippen LogP contribution is -2.38. The first-order valence-corrected chi connectivity index (χ1v) is 5.79. The van der Waals surface area contributed by atoms with Crippen LogP contribution < -0.4 is 5.32 Å². The molecule has 0 saturated heterocycles. The average molecular weight is 312 g/mol. The van der Waals surface area contributed by atoms with Crippen LogP contribution in [-0.2, 0) is 0 Å². The molecule has 0 fully saturated rings. The number of aliphatic hydroxyl groups is 1. The summed E-state index contributed by atoms with van der Waals surface area (Å²) in [6, 6.07) is 0. The van der Waals surface area contributed by atoms with Crippen molar-refractivity contribution in [3.63, 3.8) is 0 Å². The molecule has 2 N–H and O–H groups in total. The standard InChI is InChI=1S/C12H13F5N2O2/c1-19(2)4-5(20)3-18-12(21)6-7(13)9(15)11(17)10(16)8(6)14/h5,20H,3-4H2,1-2H3,(H,18,21). The molecular weight excluding hydrogens is 299 g/mol. The maximum atomic E-state index is 13.3. The van der Waals surface area contributed by atoms with Gasteiger partial charge in [-0.3, -0.25) is 4.79 Å². The van der Waals surface area contributed by atoms with E-state index >= 15 is 0 Å². The van der Waals surface area contributed by atoms with Gasteiger partial charge in [0.1, 0.15) is 5.56 Å². The largest absolute Gasteiger partial charge is 0.390 e. The van der Waals surface area contributed by atoms with Gasteiger partial charge in [0.05, 0.1) is 6.10 Å². The van der Waals surface area contributed by atoms with Gasteiger partial charge in [-0.1, -0.05) is 0 Å². The Kier molecular flexibility index (Phi) is 5.62. The zero-order valence-electron chi connectivity index (χ0n) is 11.2. The fraction of sp³-hybridized carbons (Fsp3) is 0.417. The minimum Gasteiger partial charge on any atom is -0.390 e. The van der Waals surface area contributed by atoms with Crippen molar-refractivity contribution in [1.29, 1.82) is 0 Å². The summed E-state index contributed by atoms with van der Waals surface area (Å²) in [6.07, 6.45) is -1.06. The second-order valence-corrected chi connectivity index (χ2v) is 4.57. The second-order valence-electron chi connectivity index (χ2n) is 4.57. The molecule has 0 radical (unpaired) electrons. The quantitative estimate of drug-likeness (QED) is 0.485. The Labute approximate surface area is 117 Å². The molecular formula is C12H13F5N2O2. The van der Waals surface area contributed by atoms with Crippen LogP contribution in [0.2, 0.25) is 0 Å². The third-order valence-corrected chi connectivity index (χ3v) is 2.51. The van der Waals surface area contributed by atoms with Crippen LogP contribution in [0.15, 0.2) is 0 Å². The van der Waals surface area contributed by atoms with Gasteiger partial charge in [-0.05, 0) is 14.1 Å². The highest BCUT2D eigenvalue weighted by atomic mass is 19.2. The molecule has 4 nitrogen and oxygen atoms in total. The molecule has 0 bridgehead atoms. The molecule has 1 rings (SSSR count). The van der Waals surface area contributed by atoms with E-state index in [1.165, 1.54) is 0 Å². The molecule has 0 spiro atoms. The van der Waals surface area contributed by atoms with Crippen LogP contribution in [0.3, 0.4) is 0 Å². The lowest BCUT2D eigenvalue weighted by molar-refractivity contribution is 0.0881. The number of hydrogen-bond acceptors (Lipinski definition) is 3. The van der Waals surface area contributed by atoms with Crippen LogP contribution in [0.5, 0.6) is 0 Å². The highest BCUT2D eigenvalue weighted by Crippen LogP contribution is 2.22. The number of rotatable bonds is 5. The molecule has 0 heterocycles. The number of amides is 1. The average Bonchev–Trinajstić information content (AvgIpc) is 2.40. The van der Waals surface area contributed by atoms with E-state index in [-0.39, 0.29) is 6.54 Å². The Hall–Kier alpha value is -1.74. The number of halogens is 5. The van der Waals surface area contributed by atoms with E-state index in [9.17, 15) is 31.9 Å². The predicted molar refractivity (Wildman–Crippen MR) is 63.1 cm³/mol. The van der Waals surface area contributed by atoms with E-state index in [0.29, 0.717) is 0 Å². The third-order valence-electron chi connectivity index (χ3n) is 2.51. The number of benzene rings is 1. The van der Waals surface area contributed by atoms with Crippen molar-refractivity contribution in [2.24, 2.45) is 0 Å². The number of hydrogen-bond donors (Lipinski definition) is 2. The Morgan fingerprint density at radius 3 is 1.90 bits per heavy atom. The molecule has 0 aliphatic heterocycles. The van der Waals surface area contributed by atoms with Gasteiger partial charge < -0.3 is 15.3 Å². The first kappa shape index (κ1) is 17.3. The topological polar surface area (TPSA) is 52.6 Å². The molecule has 1 atom stereocenters. The van der Waals surface area contributed by atoms with Gasteiger partial charge in [0.15, 0.2) is 23.3 Å². The number of nitrogens with zero attached hydrogens (tertiary/aromatic N) is 1. The maximum absolute atomic E-state index is 13.3. The Morgan fingerprint density at radius 1 is 1.05 bits per heavy atom. The summed E-state index contributed by atoms with van der Waals surface area (Å²) in [5.41, 5.74) is -1.58. The van der Waals surface area contributed by atoms with E-state index in [1.807, 2.05) is 5.32 Å². The van der Waals surface area contributed by atoms with Crippen molar-refractivity contribution in [2.45, 2.75) is 6.10 Å². The number of nitrogens with one attached hydrogen (secondary N) is 1. The maximum Gasteiger partial charge on any atom is 0.257 e. The molecule has 21 heavy (non-hydrogen) atoms. The molecule has 0 aliphatic rings. The minimum absolute atomic E-state index is 0.136. The first-order valence-electron chi connectivity index (χ1n) is 5.79. The summed E-state index contributed by atoms with van der Waals surface area (Å²) in [6.45, 7) is -0.270. The van der Waals surface area contributed by atoms with Crippen molar-refractivity contribution >= 4 is 5.91 Å². The third kappa shape index (κ3) is 3.88. The molecule has 1 aromatic carbocycles. The summed E-state index contributed by atoms with van der Waals surface area (Å²) in [7, 11) is 3.27. The smallest absolute Gasteiger partial charge is 0.257 e. The fourth-order valence-electron chi connectivity index (χ4n) is 1.59. The summed E-state index contributed by atoms with van der Waals surface area (Å²) in [4.78, 5) is 13.1. The lowest BCUT2D eigenvalue weighted by Gasteiger charge is -2.16. The lowest BCUT2D eigenvalue weighted by atomic mass is 10.1. The van der Waals surface area contributed by atoms with E-state index in [4.69, 9.17) is 0 Å². The summed E-state index contributed by atoms with van der Waals surface area (Å²) >= 11 is 0. The van der Waals surface area contributed by atoms with Crippen molar-refractivity contribution in [3.8, 4) is 0 Å². The summed E-state index contributed by atoms with van der Waals surface area (Å²) in [5, 5.41) is 11.4. The van der Waals surface area contributed by atoms with Gasteiger partial charge in [0, 0.05) is 13.1 Å². The van der Waals surface area contributed by atoms with Gasteiger partial charge >= 0.3 is 0 Å². The highest BCUT2D eigenvalue weighted by molar-refractivity contribution is 5.94. The van der Waals surface area contributed by atoms with Crippen molar-refractivity contribution in [3.05, 3.63) is 34.6 Å². The number of carbonyl (C=O) groups excluding carboxylic acids is 1. The summed E-state index contributed by atoms with van der Waals surface area (Å²) in [5.74, 6) is -12.7. The highest BCUT2D eigenvalue weighted by Gasteiger charge is 2.29. The van der Waals surface area contributed by atoms with Crippen LogP contribution in [0.1, 0.15) is 10.4 Å². The normalized spacial score (nSPS) is 12.6. The van der Waals surface area contributed by atoms with E-state index in [0.717, 1.165) is 0 Å². The Morgan fingerprint density at radius 2 is 1.48 bits per heavy atom. The van der Waals surface area contributed by atoms with Crippen molar-refractivity contribution in [2.75, 3.05) is 27.2 Å². The number of aliphatic hydroxyl groups excluding tert-OH is 1. The van der Waals surface area contributed by atoms with Gasteiger partial charge in [-0.2, -0.15) is 0 Å². The number of likely N-dealkylation sites (N-methyl/N-ethyl adjacent to an activating group) is 1. The van der Waals surface area contributed by atoms with Gasteiger partial charge in [0.25, 0.3) is 5.91 Å². The zero-order chi connectivity index (χ0) is 16.3. The molecule has 1 amide bonds. The van der Waals surface area contributed by atoms with Crippen LogP contribution in [0, 0.1) is 29.1 Å². The second kappa shape index (κ2) is 6.81. The monoisotopic (exact) mass is 312 g/mol. The fourth-order valence-corrected chi connectivity index (χ4v) is 1.59. The molecule has 0 saturated carbocycles. The molecule has 0 aliphatic carbocycles. The molecule has 9 heteroatoms. The first-order chi connectivity index (χ1) is 9.66. The SMILES string of the molecule is CN(C)CC(O)CNC(=O)c1c(F)c(F)c(F)c(F)c1F. The molecule has 1 unspecified atom stereocenters. The van der Waals surface area contributed by atoms with Crippen LogP contribution in [0.25, 0.3) is 0 Å². The van der Waals surface area contributed by atoms with Crippen LogP contribution in [0.4, 0.5) is 22.0 Å². The van der Waals surface area contributed by atoms with Gasteiger partial charge in [0.2, 0.25) is 5.82 Å². The van der Waals surface area contributed by atoms with Gasteiger partial charge in [-0.25, -0.2) is 22.0 Å². The Bertz CT molecular complexity index is 522. The van der Waals surface area contributed by atoms with E-state index < -0.39 is 53.2 Å². The minimum atomic E-state index is -2.34. The molecule has 118 valence electrons. The summed E-state index contributed by atoms with van der Waals surface area (Å²) < 4.78 is 65.4. The molecule has 1 aromatic rings. The molecule has 0 aromatic heterocycles. The van der Waals surface area contributed by atoms with E-state index in [2.05, 4.69) is 0 Å². The van der Waals surface area contributed by atoms with Crippen molar-refractivity contribution < 1.29 is 31.9 Å². The Balaban J connectivity index is 2.94. The van der Waals surface area contributed by atoms with Crippen LogP contribution >= 0.6 is 0 Å². The zero-order valence-corrected chi connectivity index (χ0v) is 11.2. The van der Waals surface area contributed by atoms with Gasteiger partial charge in [-0.15, -0.1) is 0 Å².